The Hall–Kier alpha value is -2.34. The number of esters is 1. The average Bonchev–Trinajstić information content (AvgIpc) is 2.57. The van der Waals surface area contributed by atoms with Crippen LogP contribution in [0, 0.1) is 0 Å². The molecule has 1 aromatic rings. The number of hydrogen-bond donors (Lipinski definition) is 0. The molecular weight excluding hydrogens is 310 g/mol. The maximum absolute atomic E-state index is 12.1. The molecule has 1 heterocycles. The number of nitrogens with zero attached hydrogens (tertiary/aromatic N) is 1. The van der Waals surface area contributed by atoms with E-state index in [1.165, 1.54) is 6.08 Å². The molecule has 0 spiro atoms. The van der Waals surface area contributed by atoms with Crippen LogP contribution >= 0.6 is 0 Å². The molecule has 0 N–H and O–H groups in total. The van der Waals surface area contributed by atoms with Gasteiger partial charge in [-0.2, -0.15) is 0 Å². The molecule has 0 aromatic heterocycles. The van der Waals surface area contributed by atoms with Gasteiger partial charge in [0.05, 0.1) is 19.3 Å². The van der Waals surface area contributed by atoms with Crippen molar-refractivity contribution in [2.45, 2.75) is 26.1 Å². The number of benzene rings is 1. The fourth-order valence-electron chi connectivity index (χ4n) is 2.62. The molecule has 6 heteroatoms. The minimum absolute atomic E-state index is 0.0150. The van der Waals surface area contributed by atoms with Crippen molar-refractivity contribution in [3.8, 4) is 5.75 Å². The van der Waals surface area contributed by atoms with Crippen molar-refractivity contribution >= 4 is 18.0 Å². The molecule has 0 radical (unpaired) electrons. The Kier molecular flexibility index (Phi) is 6.37. The molecule has 0 saturated carbocycles. The summed E-state index contributed by atoms with van der Waals surface area (Å²) in [4.78, 5) is 25.6. The van der Waals surface area contributed by atoms with Crippen molar-refractivity contribution in [2.24, 2.45) is 0 Å². The minimum atomic E-state index is -0.566. The summed E-state index contributed by atoms with van der Waals surface area (Å²) in [5.41, 5.74) is 0.763. The highest BCUT2D eigenvalue weighted by Gasteiger charge is 2.26. The van der Waals surface area contributed by atoms with Crippen LogP contribution in [-0.4, -0.2) is 55.8 Å². The third-order valence-corrected chi connectivity index (χ3v) is 3.65. The molecule has 0 aliphatic carbocycles. The molecule has 130 valence electrons. The number of para-hydroxylation sites is 1. The molecule has 24 heavy (non-hydrogen) atoms. The van der Waals surface area contributed by atoms with E-state index >= 15 is 0 Å². The summed E-state index contributed by atoms with van der Waals surface area (Å²) < 4.78 is 15.8. The van der Waals surface area contributed by atoms with Gasteiger partial charge in [0, 0.05) is 24.7 Å². The Bertz CT molecular complexity index is 603. The van der Waals surface area contributed by atoms with Crippen molar-refractivity contribution in [2.75, 3.05) is 26.8 Å². The molecule has 1 amide bonds. The largest absolute Gasteiger partial charge is 0.496 e. The highest BCUT2D eigenvalue weighted by atomic mass is 16.5. The molecule has 2 atom stereocenters. The van der Waals surface area contributed by atoms with Gasteiger partial charge in [-0.15, -0.1) is 0 Å². The Morgan fingerprint density at radius 1 is 1.25 bits per heavy atom. The van der Waals surface area contributed by atoms with Crippen LogP contribution in [0.2, 0.25) is 0 Å². The number of methoxy groups -OCH3 is 1. The zero-order chi connectivity index (χ0) is 17.5. The number of rotatable bonds is 5. The van der Waals surface area contributed by atoms with Gasteiger partial charge < -0.3 is 19.1 Å². The maximum Gasteiger partial charge on any atom is 0.331 e. The van der Waals surface area contributed by atoms with E-state index in [1.54, 1.807) is 24.2 Å². The van der Waals surface area contributed by atoms with Crippen LogP contribution < -0.4 is 4.74 Å². The molecule has 1 aliphatic heterocycles. The second-order valence-corrected chi connectivity index (χ2v) is 5.74. The second-order valence-electron chi connectivity index (χ2n) is 5.74. The number of ether oxygens (including phenoxy) is 3. The first kappa shape index (κ1) is 18.0. The van der Waals surface area contributed by atoms with Crippen molar-refractivity contribution < 1.29 is 23.8 Å². The molecule has 1 aliphatic rings. The standard InChI is InChI=1S/C18H23NO5/c1-13-10-19(11-14(2)24-13)17(20)12-23-18(21)9-8-15-6-4-5-7-16(15)22-3/h4-9,13-14H,10-12H2,1-3H3/b9-8+/t13-,14-/m0/s1. The Labute approximate surface area is 142 Å². The number of carbonyl (C=O) groups is 2. The SMILES string of the molecule is COc1ccccc1/C=C/C(=O)OCC(=O)N1C[C@H](C)O[C@@H](C)C1. The number of morpholine rings is 1. The number of hydrogen-bond acceptors (Lipinski definition) is 5. The highest BCUT2D eigenvalue weighted by Crippen LogP contribution is 2.18. The lowest BCUT2D eigenvalue weighted by Crippen LogP contribution is -2.49. The zero-order valence-electron chi connectivity index (χ0n) is 14.2. The number of carbonyl (C=O) groups excluding carboxylic acids is 2. The minimum Gasteiger partial charge on any atom is -0.496 e. The molecule has 1 aromatic carbocycles. The summed E-state index contributed by atoms with van der Waals surface area (Å²) in [5.74, 6) is -0.117. The summed E-state index contributed by atoms with van der Waals surface area (Å²) in [5, 5.41) is 0. The maximum atomic E-state index is 12.1. The summed E-state index contributed by atoms with van der Waals surface area (Å²) in [6.45, 7) is 4.58. The normalized spacial score (nSPS) is 20.9. The first-order chi connectivity index (χ1) is 11.5. The van der Waals surface area contributed by atoms with Crippen LogP contribution in [-0.2, 0) is 19.1 Å². The van der Waals surface area contributed by atoms with Crippen molar-refractivity contribution in [3.63, 3.8) is 0 Å². The monoisotopic (exact) mass is 333 g/mol. The Morgan fingerprint density at radius 2 is 1.92 bits per heavy atom. The van der Waals surface area contributed by atoms with Crippen LogP contribution in [0.5, 0.6) is 5.75 Å². The fourth-order valence-corrected chi connectivity index (χ4v) is 2.62. The predicted octanol–water partition coefficient (Wildman–Crippen LogP) is 1.89. The van der Waals surface area contributed by atoms with E-state index in [0.29, 0.717) is 18.8 Å². The van der Waals surface area contributed by atoms with E-state index in [0.717, 1.165) is 5.56 Å². The van der Waals surface area contributed by atoms with Crippen LogP contribution in [0.25, 0.3) is 6.08 Å². The summed E-state index contributed by atoms with van der Waals surface area (Å²) in [6, 6.07) is 7.31. The molecule has 1 fully saturated rings. The Morgan fingerprint density at radius 3 is 2.58 bits per heavy atom. The van der Waals surface area contributed by atoms with Gasteiger partial charge >= 0.3 is 5.97 Å². The number of amides is 1. The van der Waals surface area contributed by atoms with Crippen molar-refractivity contribution in [1.29, 1.82) is 0 Å². The van der Waals surface area contributed by atoms with Crippen molar-refractivity contribution in [1.82, 2.24) is 4.90 Å². The van der Waals surface area contributed by atoms with E-state index in [1.807, 2.05) is 32.0 Å². The van der Waals surface area contributed by atoms with Gasteiger partial charge in [-0.05, 0) is 26.0 Å². The van der Waals surface area contributed by atoms with Crippen LogP contribution in [0.1, 0.15) is 19.4 Å². The van der Waals surface area contributed by atoms with Gasteiger partial charge in [0.2, 0.25) is 0 Å². The summed E-state index contributed by atoms with van der Waals surface area (Å²) in [7, 11) is 1.56. The summed E-state index contributed by atoms with van der Waals surface area (Å²) >= 11 is 0. The molecule has 2 rings (SSSR count). The van der Waals surface area contributed by atoms with Gasteiger partial charge in [0.15, 0.2) is 6.61 Å². The first-order valence-electron chi connectivity index (χ1n) is 7.90. The third-order valence-electron chi connectivity index (χ3n) is 3.65. The zero-order valence-corrected chi connectivity index (χ0v) is 14.2. The molecule has 0 bridgehead atoms. The highest BCUT2D eigenvalue weighted by molar-refractivity contribution is 5.89. The smallest absolute Gasteiger partial charge is 0.331 e. The lowest BCUT2D eigenvalue weighted by molar-refractivity contribution is -0.154. The summed E-state index contributed by atoms with van der Waals surface area (Å²) in [6.07, 6.45) is 2.86. The molecule has 0 unspecified atom stereocenters. The first-order valence-corrected chi connectivity index (χ1v) is 7.90. The van der Waals surface area contributed by atoms with Crippen LogP contribution in [0.3, 0.4) is 0 Å². The van der Waals surface area contributed by atoms with E-state index in [4.69, 9.17) is 14.2 Å². The lowest BCUT2D eigenvalue weighted by atomic mass is 10.2. The second kappa shape index (κ2) is 8.49. The average molecular weight is 333 g/mol. The topological polar surface area (TPSA) is 65.1 Å². The van der Waals surface area contributed by atoms with Crippen molar-refractivity contribution in [3.05, 3.63) is 35.9 Å². The van der Waals surface area contributed by atoms with E-state index in [2.05, 4.69) is 0 Å². The van der Waals surface area contributed by atoms with Gasteiger partial charge in [0.1, 0.15) is 5.75 Å². The van der Waals surface area contributed by atoms with Gasteiger partial charge in [-0.3, -0.25) is 4.79 Å². The fraction of sp³-hybridized carbons (Fsp3) is 0.444. The molecular formula is C18H23NO5. The van der Waals surface area contributed by atoms with Crippen LogP contribution in [0.4, 0.5) is 0 Å². The van der Waals surface area contributed by atoms with E-state index in [-0.39, 0.29) is 24.7 Å². The van der Waals surface area contributed by atoms with Gasteiger partial charge in [-0.1, -0.05) is 18.2 Å². The molecule has 1 saturated heterocycles. The quantitative estimate of drug-likeness (QED) is 0.608. The van der Waals surface area contributed by atoms with E-state index < -0.39 is 5.97 Å². The Balaban J connectivity index is 1.84. The van der Waals surface area contributed by atoms with Gasteiger partial charge in [0.25, 0.3) is 5.91 Å². The lowest BCUT2D eigenvalue weighted by Gasteiger charge is -2.35. The van der Waals surface area contributed by atoms with E-state index in [9.17, 15) is 9.59 Å². The van der Waals surface area contributed by atoms with Crippen LogP contribution in [0.15, 0.2) is 30.3 Å². The van der Waals surface area contributed by atoms with Gasteiger partial charge in [-0.25, -0.2) is 4.79 Å². The molecule has 6 nitrogen and oxygen atoms in total. The predicted molar refractivity (Wildman–Crippen MR) is 89.6 cm³/mol. The third kappa shape index (κ3) is 5.09.